The lowest BCUT2D eigenvalue weighted by Crippen LogP contribution is -2.58. The van der Waals surface area contributed by atoms with Gasteiger partial charge in [-0.15, -0.1) is 0 Å². The van der Waals surface area contributed by atoms with Gasteiger partial charge in [-0.2, -0.15) is 0 Å². The number of amides is 5. The summed E-state index contributed by atoms with van der Waals surface area (Å²) in [6.07, 6.45) is 6.30. The number of halogens is 1. The van der Waals surface area contributed by atoms with E-state index in [1.807, 2.05) is 6.92 Å². The molecular formula is C30H40ClN5O6. The fraction of sp³-hybridized carbons (Fsp3) is 0.600. The van der Waals surface area contributed by atoms with E-state index in [0.29, 0.717) is 30.0 Å². The Morgan fingerprint density at radius 2 is 1.57 bits per heavy atom. The van der Waals surface area contributed by atoms with E-state index in [2.05, 4.69) is 26.6 Å². The van der Waals surface area contributed by atoms with Crippen LogP contribution < -0.4 is 26.6 Å². The van der Waals surface area contributed by atoms with Crippen LogP contribution in [0.5, 0.6) is 0 Å². The second kappa shape index (κ2) is 14.6. The first-order valence-corrected chi connectivity index (χ1v) is 15.3. The highest BCUT2D eigenvalue weighted by Crippen LogP contribution is 2.28. The van der Waals surface area contributed by atoms with E-state index in [-0.39, 0.29) is 30.7 Å². The van der Waals surface area contributed by atoms with Gasteiger partial charge in [-0.3, -0.25) is 28.8 Å². The van der Waals surface area contributed by atoms with Crippen molar-refractivity contribution in [3.63, 3.8) is 0 Å². The Hall–Kier alpha value is -3.47. The van der Waals surface area contributed by atoms with E-state index in [1.165, 1.54) is 0 Å². The molecule has 1 aromatic rings. The number of ketones is 1. The minimum Gasteiger partial charge on any atom is -0.356 e. The van der Waals surface area contributed by atoms with E-state index in [4.69, 9.17) is 11.6 Å². The van der Waals surface area contributed by atoms with E-state index in [9.17, 15) is 28.8 Å². The number of carbonyl (C=O) groups is 6. The van der Waals surface area contributed by atoms with Gasteiger partial charge in [0.25, 0.3) is 11.8 Å². The maximum absolute atomic E-state index is 13.6. The first-order valence-electron chi connectivity index (χ1n) is 15.0. The molecule has 3 aliphatic rings. The molecule has 0 aromatic heterocycles. The maximum Gasteiger partial charge on any atom is 0.289 e. The Balaban J connectivity index is 1.46. The van der Waals surface area contributed by atoms with Gasteiger partial charge in [-0.05, 0) is 75.1 Å². The standard InChI is InChI=1S/C30H40ClN5O6/c1-2-5-22(28(40)35-23(16-19-14-15-32-26(19)38)25(37)30(42)33-21-12-13-21)34-29(41)24(17-6-3-4-7-17)36-27(39)18-8-10-20(31)11-9-18/h8-11,17,19,21-24H,2-7,12-16H2,1H3,(H,32,38)(H,33,42)(H,34,41)(H,35,40)(H,36,39)/t19-,22?,23-,24?/m0/s1. The molecule has 12 heteroatoms. The number of Topliss-reactive ketones (excluding diaryl/α,β-unsaturated/α-hetero) is 1. The molecule has 5 N–H and O–H groups in total. The number of hydrogen-bond acceptors (Lipinski definition) is 6. The Labute approximate surface area is 250 Å². The lowest BCUT2D eigenvalue weighted by Gasteiger charge is -2.28. The van der Waals surface area contributed by atoms with Crippen LogP contribution in [0.25, 0.3) is 0 Å². The van der Waals surface area contributed by atoms with Gasteiger partial charge in [0.15, 0.2) is 0 Å². The molecule has 42 heavy (non-hydrogen) atoms. The quantitative estimate of drug-likeness (QED) is 0.204. The van der Waals surface area contributed by atoms with Gasteiger partial charge in [0.05, 0.1) is 6.04 Å². The monoisotopic (exact) mass is 601 g/mol. The Morgan fingerprint density at radius 3 is 2.17 bits per heavy atom. The minimum absolute atomic E-state index is 0.0108. The summed E-state index contributed by atoms with van der Waals surface area (Å²) in [5, 5.41) is 14.2. The van der Waals surface area contributed by atoms with Crippen molar-refractivity contribution in [1.82, 2.24) is 26.6 Å². The van der Waals surface area contributed by atoms with Gasteiger partial charge >= 0.3 is 0 Å². The van der Waals surface area contributed by atoms with Gasteiger partial charge < -0.3 is 26.6 Å². The Bertz CT molecular complexity index is 1180. The molecule has 5 amide bonds. The number of nitrogens with one attached hydrogen (secondary N) is 5. The molecule has 0 bridgehead atoms. The largest absolute Gasteiger partial charge is 0.356 e. The average molecular weight is 602 g/mol. The topological polar surface area (TPSA) is 163 Å². The molecule has 2 unspecified atom stereocenters. The van der Waals surface area contributed by atoms with Crippen LogP contribution in [-0.2, 0) is 24.0 Å². The second-order valence-electron chi connectivity index (χ2n) is 11.5. The minimum atomic E-state index is -1.21. The summed E-state index contributed by atoms with van der Waals surface area (Å²) in [5.41, 5.74) is 0.361. The van der Waals surface area contributed by atoms with Crippen molar-refractivity contribution < 1.29 is 28.8 Å². The van der Waals surface area contributed by atoms with Crippen molar-refractivity contribution in [3.8, 4) is 0 Å². The van der Waals surface area contributed by atoms with Crippen LogP contribution in [-0.4, -0.2) is 66.0 Å². The molecule has 0 radical (unpaired) electrons. The molecule has 1 saturated heterocycles. The predicted molar refractivity (Wildman–Crippen MR) is 155 cm³/mol. The smallest absolute Gasteiger partial charge is 0.289 e. The molecule has 1 heterocycles. The highest BCUT2D eigenvalue weighted by atomic mass is 35.5. The van der Waals surface area contributed by atoms with Crippen LogP contribution in [0, 0.1) is 11.8 Å². The molecule has 3 fully saturated rings. The maximum atomic E-state index is 13.6. The van der Waals surface area contributed by atoms with Crippen molar-refractivity contribution in [2.24, 2.45) is 11.8 Å². The summed E-state index contributed by atoms with van der Waals surface area (Å²) in [5.74, 6) is -3.94. The normalized spacial score (nSPS) is 20.6. The molecule has 1 aromatic carbocycles. The molecule has 4 rings (SSSR count). The summed E-state index contributed by atoms with van der Waals surface area (Å²) >= 11 is 5.95. The zero-order valence-electron chi connectivity index (χ0n) is 23.9. The van der Waals surface area contributed by atoms with Crippen molar-refractivity contribution in [2.45, 2.75) is 95.3 Å². The molecule has 2 saturated carbocycles. The van der Waals surface area contributed by atoms with E-state index in [1.54, 1.807) is 24.3 Å². The second-order valence-corrected chi connectivity index (χ2v) is 12.0. The Kier molecular flexibility index (Phi) is 11.0. The average Bonchev–Trinajstić information content (AvgIpc) is 3.43. The van der Waals surface area contributed by atoms with Crippen LogP contribution in [0.1, 0.15) is 81.5 Å². The fourth-order valence-corrected chi connectivity index (χ4v) is 5.76. The molecule has 2 aliphatic carbocycles. The SMILES string of the molecule is CCCC(NC(=O)C(NC(=O)c1ccc(Cl)cc1)C1CCCC1)C(=O)N[C@@H](C[C@@H]1CCNC1=O)C(=O)C(=O)NC1CC1. The molecule has 4 atom stereocenters. The summed E-state index contributed by atoms with van der Waals surface area (Å²) in [6, 6.07) is 3.24. The molecule has 1 aliphatic heterocycles. The first-order chi connectivity index (χ1) is 20.2. The zero-order chi connectivity index (χ0) is 30.2. The predicted octanol–water partition coefficient (Wildman–Crippen LogP) is 1.77. The third-order valence-electron chi connectivity index (χ3n) is 8.21. The van der Waals surface area contributed by atoms with Crippen molar-refractivity contribution in [1.29, 1.82) is 0 Å². The highest BCUT2D eigenvalue weighted by Gasteiger charge is 2.38. The third-order valence-corrected chi connectivity index (χ3v) is 8.46. The molecular weight excluding hydrogens is 562 g/mol. The third kappa shape index (κ3) is 8.53. The van der Waals surface area contributed by atoms with Crippen LogP contribution in [0.15, 0.2) is 24.3 Å². The Morgan fingerprint density at radius 1 is 0.905 bits per heavy atom. The van der Waals surface area contributed by atoms with Crippen LogP contribution >= 0.6 is 11.6 Å². The highest BCUT2D eigenvalue weighted by molar-refractivity contribution is 6.38. The van der Waals surface area contributed by atoms with E-state index < -0.39 is 53.5 Å². The zero-order valence-corrected chi connectivity index (χ0v) is 24.6. The lowest BCUT2D eigenvalue weighted by molar-refractivity contribution is -0.141. The number of benzene rings is 1. The number of carbonyl (C=O) groups excluding carboxylic acids is 6. The van der Waals surface area contributed by atoms with Crippen LogP contribution in [0.3, 0.4) is 0 Å². The van der Waals surface area contributed by atoms with Gasteiger partial charge in [0.2, 0.25) is 23.5 Å². The van der Waals surface area contributed by atoms with Gasteiger partial charge in [-0.1, -0.05) is 37.8 Å². The number of hydrogen-bond donors (Lipinski definition) is 5. The fourth-order valence-electron chi connectivity index (χ4n) is 5.63. The van der Waals surface area contributed by atoms with Crippen molar-refractivity contribution in [2.75, 3.05) is 6.54 Å². The number of rotatable bonds is 14. The summed E-state index contributed by atoms with van der Waals surface area (Å²) in [6.45, 7) is 2.32. The summed E-state index contributed by atoms with van der Waals surface area (Å²) in [7, 11) is 0. The van der Waals surface area contributed by atoms with E-state index >= 15 is 0 Å². The first kappa shape index (κ1) is 31.5. The van der Waals surface area contributed by atoms with Gasteiger partial charge in [-0.25, -0.2) is 0 Å². The van der Waals surface area contributed by atoms with Crippen LogP contribution in [0.2, 0.25) is 5.02 Å². The molecule has 0 spiro atoms. The van der Waals surface area contributed by atoms with Gasteiger partial charge in [0, 0.05) is 29.1 Å². The van der Waals surface area contributed by atoms with Crippen molar-refractivity contribution in [3.05, 3.63) is 34.9 Å². The van der Waals surface area contributed by atoms with E-state index in [0.717, 1.165) is 38.5 Å². The van der Waals surface area contributed by atoms with Crippen LogP contribution in [0.4, 0.5) is 0 Å². The van der Waals surface area contributed by atoms with Crippen molar-refractivity contribution >= 4 is 46.9 Å². The van der Waals surface area contributed by atoms with Gasteiger partial charge in [0.1, 0.15) is 12.1 Å². The lowest BCUT2D eigenvalue weighted by atomic mass is 9.94. The molecule has 228 valence electrons. The summed E-state index contributed by atoms with van der Waals surface area (Å²) in [4.78, 5) is 78.0. The molecule has 11 nitrogen and oxygen atoms in total. The summed E-state index contributed by atoms with van der Waals surface area (Å²) < 4.78 is 0.